The van der Waals surface area contributed by atoms with E-state index in [9.17, 15) is 4.79 Å². The van der Waals surface area contributed by atoms with E-state index in [4.69, 9.17) is 15.6 Å². The first kappa shape index (κ1) is 16.4. The SMILES string of the molecule is Br.Nc1nc2ccc(OCC3CCN(C(=O)O)CC3)cc2[nH]1. The van der Waals surface area contributed by atoms with Crippen molar-refractivity contribution in [1.82, 2.24) is 14.9 Å². The number of piperidine rings is 1. The second-order valence-corrected chi connectivity index (χ2v) is 5.33. The highest BCUT2D eigenvalue weighted by atomic mass is 79.9. The fourth-order valence-electron chi connectivity index (χ4n) is 2.60. The molecule has 8 heteroatoms. The predicted molar refractivity (Wildman–Crippen MR) is 88.6 cm³/mol. The molecule has 0 aliphatic carbocycles. The van der Waals surface area contributed by atoms with Crippen LogP contribution in [0.2, 0.25) is 0 Å². The van der Waals surface area contributed by atoms with Crippen LogP contribution in [0.25, 0.3) is 11.0 Å². The van der Waals surface area contributed by atoms with Crippen molar-refractivity contribution >= 4 is 40.1 Å². The zero-order valence-corrected chi connectivity index (χ0v) is 13.7. The van der Waals surface area contributed by atoms with Crippen molar-refractivity contribution in [3.8, 4) is 5.75 Å². The van der Waals surface area contributed by atoms with Crippen molar-refractivity contribution in [1.29, 1.82) is 0 Å². The molecule has 1 fully saturated rings. The van der Waals surface area contributed by atoms with Crippen LogP contribution < -0.4 is 10.5 Å². The van der Waals surface area contributed by atoms with E-state index in [1.54, 1.807) is 0 Å². The van der Waals surface area contributed by atoms with Gasteiger partial charge in [0.05, 0.1) is 17.6 Å². The second kappa shape index (κ2) is 6.87. The average Bonchev–Trinajstić information content (AvgIpc) is 2.84. The monoisotopic (exact) mass is 370 g/mol. The minimum absolute atomic E-state index is 0. The van der Waals surface area contributed by atoms with Crippen LogP contribution >= 0.6 is 17.0 Å². The molecule has 7 nitrogen and oxygen atoms in total. The van der Waals surface area contributed by atoms with Crippen LogP contribution in [0.15, 0.2) is 18.2 Å². The van der Waals surface area contributed by atoms with E-state index in [0.29, 0.717) is 31.6 Å². The number of nitrogens with zero attached hydrogens (tertiary/aromatic N) is 2. The van der Waals surface area contributed by atoms with Gasteiger partial charge in [-0.05, 0) is 30.9 Å². The van der Waals surface area contributed by atoms with Gasteiger partial charge in [0.15, 0.2) is 5.95 Å². The zero-order chi connectivity index (χ0) is 14.8. The Morgan fingerprint density at radius 3 is 2.86 bits per heavy atom. The summed E-state index contributed by atoms with van der Waals surface area (Å²) in [5.41, 5.74) is 7.28. The largest absolute Gasteiger partial charge is 0.493 e. The summed E-state index contributed by atoms with van der Waals surface area (Å²) in [6.07, 6.45) is 0.841. The van der Waals surface area contributed by atoms with Gasteiger partial charge in [-0.2, -0.15) is 0 Å². The molecule has 1 aliphatic rings. The van der Waals surface area contributed by atoms with E-state index >= 15 is 0 Å². The number of halogens is 1. The van der Waals surface area contributed by atoms with Gasteiger partial charge in [-0.3, -0.25) is 0 Å². The number of aromatic nitrogens is 2. The number of aromatic amines is 1. The van der Waals surface area contributed by atoms with Crippen LogP contribution in [0.5, 0.6) is 5.75 Å². The molecule has 1 amide bonds. The van der Waals surface area contributed by atoms with Crippen LogP contribution in [0.3, 0.4) is 0 Å². The van der Waals surface area contributed by atoms with Gasteiger partial charge in [0.25, 0.3) is 0 Å². The number of carboxylic acid groups (broad SMARTS) is 1. The molecule has 1 aliphatic heterocycles. The van der Waals surface area contributed by atoms with Crippen LogP contribution in [-0.4, -0.2) is 45.8 Å². The van der Waals surface area contributed by atoms with Crippen molar-refractivity contribution in [2.45, 2.75) is 12.8 Å². The van der Waals surface area contributed by atoms with Crippen molar-refractivity contribution in [2.24, 2.45) is 5.92 Å². The van der Waals surface area contributed by atoms with Gasteiger partial charge in [-0.15, -0.1) is 17.0 Å². The molecule has 2 heterocycles. The molecule has 1 saturated heterocycles. The minimum Gasteiger partial charge on any atom is -0.493 e. The summed E-state index contributed by atoms with van der Waals surface area (Å²) in [6.45, 7) is 1.77. The number of H-pyrrole nitrogens is 1. The number of imidazole rings is 1. The maximum absolute atomic E-state index is 10.8. The van der Waals surface area contributed by atoms with E-state index in [1.165, 1.54) is 4.90 Å². The Morgan fingerprint density at radius 1 is 1.45 bits per heavy atom. The summed E-state index contributed by atoms with van der Waals surface area (Å²) < 4.78 is 5.80. The first-order valence-corrected chi connectivity index (χ1v) is 6.98. The summed E-state index contributed by atoms with van der Waals surface area (Å²) in [6, 6.07) is 5.62. The number of anilines is 1. The fourth-order valence-corrected chi connectivity index (χ4v) is 2.60. The first-order valence-electron chi connectivity index (χ1n) is 6.98. The number of benzene rings is 1. The summed E-state index contributed by atoms with van der Waals surface area (Å²) in [7, 11) is 0. The number of hydrogen-bond donors (Lipinski definition) is 3. The van der Waals surface area contributed by atoms with Crippen molar-refractivity contribution in [2.75, 3.05) is 25.4 Å². The quantitative estimate of drug-likeness (QED) is 0.769. The number of carbonyl (C=O) groups is 1. The second-order valence-electron chi connectivity index (χ2n) is 5.33. The normalized spacial score (nSPS) is 15.5. The van der Waals surface area contributed by atoms with Gasteiger partial charge < -0.3 is 25.5 Å². The van der Waals surface area contributed by atoms with Crippen molar-refractivity contribution in [3.63, 3.8) is 0 Å². The van der Waals surface area contributed by atoms with Crippen LogP contribution in [0.4, 0.5) is 10.7 Å². The Labute approximate surface area is 138 Å². The number of ether oxygens (including phenoxy) is 1. The summed E-state index contributed by atoms with van der Waals surface area (Å²) in [5.74, 6) is 1.55. The van der Waals surface area contributed by atoms with Gasteiger partial charge >= 0.3 is 6.09 Å². The first-order chi connectivity index (χ1) is 10.1. The third-order valence-electron chi connectivity index (χ3n) is 3.84. The van der Waals surface area contributed by atoms with E-state index < -0.39 is 6.09 Å². The predicted octanol–water partition coefficient (Wildman–Crippen LogP) is 2.49. The van der Waals surface area contributed by atoms with Crippen LogP contribution in [0, 0.1) is 5.92 Å². The van der Waals surface area contributed by atoms with Crippen LogP contribution in [0.1, 0.15) is 12.8 Å². The molecule has 1 aromatic heterocycles. The number of nitrogens with two attached hydrogens (primary N) is 1. The molecule has 4 N–H and O–H groups in total. The van der Waals surface area contributed by atoms with Gasteiger partial charge in [0.1, 0.15) is 5.75 Å². The lowest BCUT2D eigenvalue weighted by Gasteiger charge is -2.29. The summed E-state index contributed by atoms with van der Waals surface area (Å²) in [4.78, 5) is 19.4. The molecule has 0 atom stereocenters. The molecule has 22 heavy (non-hydrogen) atoms. The Bertz CT molecular complexity index is 653. The lowest BCUT2D eigenvalue weighted by molar-refractivity contribution is 0.111. The van der Waals surface area contributed by atoms with Crippen LogP contribution in [-0.2, 0) is 0 Å². The van der Waals surface area contributed by atoms with Gasteiger partial charge in [-0.25, -0.2) is 9.78 Å². The third kappa shape index (κ3) is 3.62. The Hall–Kier alpha value is -1.96. The Kier molecular flexibility index (Phi) is 5.12. The highest BCUT2D eigenvalue weighted by Crippen LogP contribution is 2.22. The van der Waals surface area contributed by atoms with Gasteiger partial charge in [-0.1, -0.05) is 0 Å². The Morgan fingerprint density at radius 2 is 2.18 bits per heavy atom. The molecule has 1 aromatic carbocycles. The maximum Gasteiger partial charge on any atom is 0.407 e. The highest BCUT2D eigenvalue weighted by molar-refractivity contribution is 8.93. The van der Waals surface area contributed by atoms with Crippen molar-refractivity contribution < 1.29 is 14.6 Å². The number of rotatable bonds is 3. The topological polar surface area (TPSA) is 104 Å². The van der Waals surface area contributed by atoms with E-state index in [0.717, 1.165) is 29.6 Å². The third-order valence-corrected chi connectivity index (χ3v) is 3.84. The number of hydrogen-bond acceptors (Lipinski definition) is 4. The van der Waals surface area contributed by atoms with Gasteiger partial charge in [0, 0.05) is 19.2 Å². The number of amides is 1. The molecule has 0 unspecified atom stereocenters. The molecule has 120 valence electrons. The fraction of sp³-hybridized carbons (Fsp3) is 0.429. The summed E-state index contributed by atoms with van der Waals surface area (Å²) in [5, 5.41) is 8.91. The van der Waals surface area contributed by atoms with E-state index in [1.807, 2.05) is 18.2 Å². The van der Waals surface area contributed by atoms with E-state index in [-0.39, 0.29) is 17.0 Å². The molecule has 2 aromatic rings. The number of fused-ring (bicyclic) bond motifs is 1. The molecule has 0 radical (unpaired) electrons. The molecular weight excluding hydrogens is 352 g/mol. The minimum atomic E-state index is -0.836. The molecule has 3 rings (SSSR count). The number of likely N-dealkylation sites (tertiary alicyclic amines) is 1. The number of nitrogen functional groups attached to an aromatic ring is 1. The smallest absolute Gasteiger partial charge is 0.407 e. The standard InChI is InChI=1S/C14H18N4O3.BrH/c15-13-16-11-2-1-10(7-12(11)17-13)21-8-9-3-5-18(6-4-9)14(19)20;/h1-2,7,9H,3-6,8H2,(H,19,20)(H3,15,16,17);1H. The lowest BCUT2D eigenvalue weighted by Crippen LogP contribution is -2.38. The maximum atomic E-state index is 10.8. The lowest BCUT2D eigenvalue weighted by atomic mass is 9.98. The van der Waals surface area contributed by atoms with Gasteiger partial charge in [0.2, 0.25) is 0 Å². The molecule has 0 spiro atoms. The molecule has 0 bridgehead atoms. The average molecular weight is 371 g/mol. The molecule has 0 saturated carbocycles. The zero-order valence-electron chi connectivity index (χ0n) is 12.0. The molecular formula is C14H19BrN4O3. The highest BCUT2D eigenvalue weighted by Gasteiger charge is 2.22. The Balaban J connectivity index is 0.00000176. The van der Waals surface area contributed by atoms with E-state index in [2.05, 4.69) is 9.97 Å². The number of nitrogens with one attached hydrogen (secondary N) is 1. The van der Waals surface area contributed by atoms with Crippen molar-refractivity contribution in [3.05, 3.63) is 18.2 Å². The summed E-state index contributed by atoms with van der Waals surface area (Å²) >= 11 is 0.